The maximum absolute atomic E-state index is 10.6. The number of aldehydes is 1. The highest BCUT2D eigenvalue weighted by Gasteiger charge is 2.23. The Labute approximate surface area is 82.7 Å². The summed E-state index contributed by atoms with van der Waals surface area (Å²) in [5.41, 5.74) is 0. The smallest absolute Gasteiger partial charge is 0.196 e. The van der Waals surface area contributed by atoms with Crippen molar-refractivity contribution in [3.63, 3.8) is 0 Å². The van der Waals surface area contributed by atoms with Crippen molar-refractivity contribution in [1.82, 2.24) is 19.7 Å². The van der Waals surface area contributed by atoms with Gasteiger partial charge in [-0.3, -0.25) is 4.79 Å². The maximum Gasteiger partial charge on any atom is 0.196 e. The molecule has 2 rings (SSSR count). The molecule has 0 amide bonds. The third-order valence-corrected chi connectivity index (χ3v) is 2.80. The predicted octanol–water partition coefficient (Wildman–Crippen LogP) is -0.0330. The van der Waals surface area contributed by atoms with Crippen LogP contribution in [0.4, 0.5) is 0 Å². The number of rotatable bonds is 2. The fourth-order valence-electron chi connectivity index (χ4n) is 1.86. The summed E-state index contributed by atoms with van der Waals surface area (Å²) in [6, 6.07) is 0.520. The van der Waals surface area contributed by atoms with Crippen LogP contribution >= 0.6 is 0 Å². The highest BCUT2D eigenvalue weighted by atomic mass is 16.1. The highest BCUT2D eigenvalue weighted by Crippen LogP contribution is 2.16. The molecule has 0 aliphatic carbocycles. The normalized spacial score (nSPS) is 20.9. The average molecular weight is 194 g/mol. The van der Waals surface area contributed by atoms with Crippen molar-refractivity contribution >= 4 is 6.29 Å². The number of nitrogens with zero attached hydrogens (tertiary/aromatic N) is 4. The number of carbonyl (C=O) groups is 1. The first-order chi connectivity index (χ1) is 6.72. The van der Waals surface area contributed by atoms with Crippen molar-refractivity contribution in [2.75, 3.05) is 14.1 Å². The summed E-state index contributed by atoms with van der Waals surface area (Å²) in [4.78, 5) is 12.8. The molecule has 0 fully saturated rings. The van der Waals surface area contributed by atoms with E-state index < -0.39 is 0 Å². The van der Waals surface area contributed by atoms with Crippen LogP contribution in [0.5, 0.6) is 0 Å². The average Bonchev–Trinajstić information content (AvgIpc) is 2.59. The molecule has 1 aromatic rings. The molecule has 1 aromatic heterocycles. The Balaban J connectivity index is 2.24. The first-order valence-corrected chi connectivity index (χ1v) is 4.76. The van der Waals surface area contributed by atoms with Gasteiger partial charge in [-0.25, -0.2) is 0 Å². The number of likely N-dealkylation sites (N-methyl/N-ethyl adjacent to an activating group) is 1. The van der Waals surface area contributed by atoms with Crippen LogP contribution in [0.15, 0.2) is 0 Å². The zero-order valence-corrected chi connectivity index (χ0v) is 8.47. The SMILES string of the molecule is CN(C)C1CCn2c(C=O)nnc2C1. The van der Waals surface area contributed by atoms with E-state index in [4.69, 9.17) is 0 Å². The molecule has 0 radical (unpaired) electrons. The fourth-order valence-corrected chi connectivity index (χ4v) is 1.86. The minimum atomic E-state index is 0.456. The number of hydrogen-bond acceptors (Lipinski definition) is 4. The fraction of sp³-hybridized carbons (Fsp3) is 0.667. The third-order valence-electron chi connectivity index (χ3n) is 2.80. The summed E-state index contributed by atoms with van der Waals surface area (Å²) in [6.45, 7) is 0.846. The van der Waals surface area contributed by atoms with Gasteiger partial charge in [0.2, 0.25) is 0 Å². The van der Waals surface area contributed by atoms with Crippen LogP contribution in [-0.2, 0) is 13.0 Å². The van der Waals surface area contributed by atoms with Crippen molar-refractivity contribution in [3.8, 4) is 0 Å². The lowest BCUT2D eigenvalue weighted by Crippen LogP contribution is -2.35. The molecule has 0 N–H and O–H groups in total. The van der Waals surface area contributed by atoms with Gasteiger partial charge in [0.15, 0.2) is 12.1 Å². The largest absolute Gasteiger partial charge is 0.309 e. The minimum absolute atomic E-state index is 0.456. The van der Waals surface area contributed by atoms with Crippen molar-refractivity contribution in [2.45, 2.75) is 25.4 Å². The zero-order chi connectivity index (χ0) is 10.1. The summed E-state index contributed by atoms with van der Waals surface area (Å²) < 4.78 is 1.91. The van der Waals surface area contributed by atoms with E-state index in [0.717, 1.165) is 31.5 Å². The molecule has 0 saturated carbocycles. The second-order valence-corrected chi connectivity index (χ2v) is 3.85. The first kappa shape index (κ1) is 9.33. The van der Waals surface area contributed by atoms with Crippen LogP contribution in [0.25, 0.3) is 0 Å². The van der Waals surface area contributed by atoms with Gasteiger partial charge in [-0.15, -0.1) is 10.2 Å². The number of carbonyl (C=O) groups excluding carboxylic acids is 1. The van der Waals surface area contributed by atoms with E-state index in [1.54, 1.807) is 0 Å². The quantitative estimate of drug-likeness (QED) is 0.620. The van der Waals surface area contributed by atoms with E-state index >= 15 is 0 Å². The standard InChI is InChI=1S/C9H14N4O/c1-12(2)7-3-4-13-8(5-7)10-11-9(13)6-14/h6-7H,3-5H2,1-2H3. The second kappa shape index (κ2) is 3.49. The van der Waals surface area contributed by atoms with Crippen LogP contribution in [0, 0.1) is 0 Å². The lowest BCUT2D eigenvalue weighted by Gasteiger charge is -2.28. The van der Waals surface area contributed by atoms with Crippen LogP contribution < -0.4 is 0 Å². The Bertz CT molecular complexity index is 345. The van der Waals surface area contributed by atoms with Gasteiger partial charge in [0.1, 0.15) is 5.82 Å². The Hall–Kier alpha value is -1.23. The number of aromatic nitrogens is 3. The summed E-state index contributed by atoms with van der Waals surface area (Å²) in [6.07, 6.45) is 2.71. The van der Waals surface area contributed by atoms with Crippen molar-refractivity contribution in [3.05, 3.63) is 11.6 Å². The van der Waals surface area contributed by atoms with Gasteiger partial charge in [-0.2, -0.15) is 0 Å². The molecule has 1 unspecified atom stereocenters. The molecular formula is C9H14N4O. The molecule has 0 aromatic carbocycles. The summed E-state index contributed by atoms with van der Waals surface area (Å²) in [5, 5.41) is 7.85. The summed E-state index contributed by atoms with van der Waals surface area (Å²) in [5.74, 6) is 1.38. The summed E-state index contributed by atoms with van der Waals surface area (Å²) >= 11 is 0. The Morgan fingerprint density at radius 1 is 1.50 bits per heavy atom. The van der Waals surface area contributed by atoms with E-state index in [9.17, 15) is 4.79 Å². The number of hydrogen-bond donors (Lipinski definition) is 0. The molecule has 76 valence electrons. The van der Waals surface area contributed by atoms with Gasteiger partial charge >= 0.3 is 0 Å². The monoisotopic (exact) mass is 194 g/mol. The molecule has 0 spiro atoms. The van der Waals surface area contributed by atoms with E-state index in [1.807, 2.05) is 4.57 Å². The predicted molar refractivity (Wildman–Crippen MR) is 51.2 cm³/mol. The molecule has 1 aliphatic heterocycles. The topological polar surface area (TPSA) is 51.0 Å². The first-order valence-electron chi connectivity index (χ1n) is 4.76. The molecule has 2 heterocycles. The molecular weight excluding hydrogens is 180 g/mol. The number of fused-ring (bicyclic) bond motifs is 1. The molecule has 0 saturated heterocycles. The molecule has 0 bridgehead atoms. The minimum Gasteiger partial charge on any atom is -0.309 e. The van der Waals surface area contributed by atoms with Crippen molar-refractivity contribution in [2.24, 2.45) is 0 Å². The maximum atomic E-state index is 10.6. The lowest BCUT2D eigenvalue weighted by molar-refractivity contribution is 0.110. The van der Waals surface area contributed by atoms with E-state index in [0.29, 0.717) is 11.9 Å². The zero-order valence-electron chi connectivity index (χ0n) is 8.47. The molecule has 5 nitrogen and oxygen atoms in total. The van der Waals surface area contributed by atoms with E-state index in [1.165, 1.54) is 0 Å². The van der Waals surface area contributed by atoms with E-state index in [-0.39, 0.29) is 0 Å². The van der Waals surface area contributed by atoms with Crippen LogP contribution in [0.3, 0.4) is 0 Å². The molecule has 5 heteroatoms. The second-order valence-electron chi connectivity index (χ2n) is 3.85. The van der Waals surface area contributed by atoms with Gasteiger partial charge in [-0.05, 0) is 20.5 Å². The van der Waals surface area contributed by atoms with Gasteiger partial charge < -0.3 is 9.47 Å². The van der Waals surface area contributed by atoms with Crippen LogP contribution in [0.1, 0.15) is 22.9 Å². The Morgan fingerprint density at radius 3 is 2.93 bits per heavy atom. The summed E-state index contributed by atoms with van der Waals surface area (Å²) in [7, 11) is 4.13. The van der Waals surface area contributed by atoms with Crippen LogP contribution in [-0.4, -0.2) is 46.1 Å². The molecule has 14 heavy (non-hydrogen) atoms. The van der Waals surface area contributed by atoms with Gasteiger partial charge in [0.05, 0.1) is 0 Å². The van der Waals surface area contributed by atoms with Crippen molar-refractivity contribution in [1.29, 1.82) is 0 Å². The van der Waals surface area contributed by atoms with Crippen LogP contribution in [0.2, 0.25) is 0 Å². The third kappa shape index (κ3) is 1.43. The van der Waals surface area contributed by atoms with Gasteiger partial charge in [0.25, 0.3) is 0 Å². The highest BCUT2D eigenvalue weighted by molar-refractivity contribution is 5.69. The van der Waals surface area contributed by atoms with E-state index in [2.05, 4.69) is 29.2 Å². The Morgan fingerprint density at radius 2 is 2.29 bits per heavy atom. The van der Waals surface area contributed by atoms with Crippen molar-refractivity contribution < 1.29 is 4.79 Å². The van der Waals surface area contributed by atoms with Gasteiger partial charge in [0, 0.05) is 19.0 Å². The molecule has 1 atom stereocenters. The molecule has 1 aliphatic rings. The van der Waals surface area contributed by atoms with Gasteiger partial charge in [-0.1, -0.05) is 0 Å². The lowest BCUT2D eigenvalue weighted by atomic mass is 10.1. The Kier molecular flexibility index (Phi) is 2.33.